The molecule has 2 aromatic rings. The van der Waals surface area contributed by atoms with Gasteiger partial charge in [-0.3, -0.25) is 0 Å². The highest BCUT2D eigenvalue weighted by atomic mass is 32.1. The van der Waals surface area contributed by atoms with Gasteiger partial charge in [0, 0.05) is 5.56 Å². The summed E-state index contributed by atoms with van der Waals surface area (Å²) in [5, 5.41) is 0.569. The highest BCUT2D eigenvalue weighted by Crippen LogP contribution is 2.31. The Morgan fingerprint density at radius 3 is 2.29 bits per heavy atom. The lowest BCUT2D eigenvalue weighted by Gasteiger charge is -2.06. The Morgan fingerprint density at radius 1 is 1.18 bits per heavy atom. The van der Waals surface area contributed by atoms with E-state index in [-0.39, 0.29) is 6.32 Å². The number of aromatic nitrogens is 2. The Kier molecular flexibility index (Phi) is 3.19. The van der Waals surface area contributed by atoms with Crippen LogP contribution in [0.1, 0.15) is 11.4 Å². The molecule has 1 heterocycles. The molecule has 0 unspecified atom stereocenters. The van der Waals surface area contributed by atoms with Crippen molar-refractivity contribution in [1.82, 2.24) is 9.36 Å². The van der Waals surface area contributed by atoms with Gasteiger partial charge in [-0.2, -0.15) is 17.5 Å². The van der Waals surface area contributed by atoms with Crippen LogP contribution < -0.4 is 0 Å². The fourth-order valence-electron chi connectivity index (χ4n) is 1.26. The van der Waals surface area contributed by atoms with Crippen LogP contribution >= 0.6 is 11.5 Å². The second kappa shape index (κ2) is 4.48. The molecule has 0 fully saturated rings. The second-order valence-electron chi connectivity index (χ2n) is 3.29. The third-order valence-corrected chi connectivity index (χ3v) is 2.91. The summed E-state index contributed by atoms with van der Waals surface area (Å²) in [6, 6.07) is 4.81. The molecule has 0 aliphatic heterocycles. The molecule has 0 spiro atoms. The molecule has 0 saturated carbocycles. The van der Waals surface area contributed by atoms with Gasteiger partial charge in [-0.1, -0.05) is 12.1 Å². The summed E-state index contributed by atoms with van der Waals surface area (Å²) in [4.78, 5) is 4.09. The van der Waals surface area contributed by atoms with Gasteiger partial charge in [-0.25, -0.2) is 4.98 Å². The van der Waals surface area contributed by atoms with Crippen molar-refractivity contribution in [2.75, 3.05) is 0 Å². The van der Waals surface area contributed by atoms with Gasteiger partial charge in [0.15, 0.2) is 0 Å². The van der Waals surface area contributed by atoms with Gasteiger partial charge in [-0.05, 0) is 30.0 Å². The Labute approximate surface area is 101 Å². The number of benzene rings is 1. The molecule has 86 valence electrons. The normalized spacial score (nSPS) is 11.7. The molecular weight excluding hydrogens is 248 g/mol. The van der Waals surface area contributed by atoms with Crippen LogP contribution in [0, 0.1) is 0 Å². The lowest BCUT2D eigenvalue weighted by atomic mass is 10.1. The molecule has 1 aromatic carbocycles. The fourth-order valence-corrected chi connectivity index (χ4v) is 1.95. The number of hydrogen-bond donors (Lipinski definition) is 0. The van der Waals surface area contributed by atoms with Crippen molar-refractivity contribution in [1.29, 1.82) is 0 Å². The second-order valence-corrected chi connectivity index (χ2v) is 4.05. The number of halogens is 3. The first kappa shape index (κ1) is 12.1. The SMILES string of the molecule is [B]Cc1nsc(-c2ccc(C(F)(F)F)cc2)n1. The first-order chi connectivity index (χ1) is 8.00. The smallest absolute Gasteiger partial charge is 0.220 e. The van der Waals surface area contributed by atoms with E-state index < -0.39 is 11.7 Å². The van der Waals surface area contributed by atoms with E-state index in [4.69, 9.17) is 7.85 Å². The molecule has 0 saturated heterocycles. The highest BCUT2D eigenvalue weighted by molar-refractivity contribution is 7.09. The zero-order chi connectivity index (χ0) is 12.5. The topological polar surface area (TPSA) is 25.8 Å². The Balaban J connectivity index is 2.29. The largest absolute Gasteiger partial charge is 0.416 e. The van der Waals surface area contributed by atoms with Crippen LogP contribution in [0.5, 0.6) is 0 Å². The maximum Gasteiger partial charge on any atom is 0.416 e. The molecule has 2 nitrogen and oxygen atoms in total. The molecule has 7 heteroatoms. The molecule has 0 aliphatic rings. The van der Waals surface area contributed by atoms with Crippen molar-refractivity contribution in [3.63, 3.8) is 0 Å². The third kappa shape index (κ3) is 2.66. The number of rotatable bonds is 2. The van der Waals surface area contributed by atoms with E-state index in [1.165, 1.54) is 12.1 Å². The molecule has 0 atom stereocenters. The summed E-state index contributed by atoms with van der Waals surface area (Å²) < 4.78 is 41.0. The standard InChI is InChI=1S/C10H6BF3N2S/c11-5-8-15-9(17-16-8)6-1-3-7(4-2-6)10(12,13)14/h1-4H,5H2. The van der Waals surface area contributed by atoms with Gasteiger partial charge in [0.1, 0.15) is 10.8 Å². The van der Waals surface area contributed by atoms with Crippen molar-refractivity contribution in [2.24, 2.45) is 0 Å². The van der Waals surface area contributed by atoms with E-state index in [0.29, 0.717) is 16.4 Å². The molecule has 17 heavy (non-hydrogen) atoms. The zero-order valence-electron chi connectivity index (χ0n) is 8.53. The summed E-state index contributed by atoms with van der Waals surface area (Å²) in [6.45, 7) is 0. The van der Waals surface area contributed by atoms with Gasteiger partial charge in [0.2, 0.25) is 0 Å². The van der Waals surface area contributed by atoms with E-state index in [9.17, 15) is 13.2 Å². The van der Waals surface area contributed by atoms with E-state index in [2.05, 4.69) is 9.36 Å². The summed E-state index contributed by atoms with van der Waals surface area (Å²) in [6.07, 6.45) is -4.10. The average Bonchev–Trinajstić information content (AvgIpc) is 2.76. The summed E-state index contributed by atoms with van der Waals surface area (Å²) in [5.74, 6) is 0.491. The molecule has 0 N–H and O–H groups in total. The first-order valence-electron chi connectivity index (χ1n) is 4.71. The molecule has 0 amide bonds. The maximum atomic E-state index is 12.3. The van der Waals surface area contributed by atoms with Crippen LogP contribution in [0.4, 0.5) is 13.2 Å². The number of hydrogen-bond acceptors (Lipinski definition) is 3. The van der Waals surface area contributed by atoms with Gasteiger partial charge >= 0.3 is 6.18 Å². The number of nitrogens with zero attached hydrogens (tertiary/aromatic N) is 2. The van der Waals surface area contributed by atoms with E-state index in [0.717, 1.165) is 23.7 Å². The van der Waals surface area contributed by atoms with Crippen molar-refractivity contribution in [2.45, 2.75) is 12.5 Å². The molecule has 1 aromatic heterocycles. The van der Waals surface area contributed by atoms with Crippen molar-refractivity contribution >= 4 is 19.4 Å². The fraction of sp³-hybridized carbons (Fsp3) is 0.200. The van der Waals surface area contributed by atoms with E-state index in [1.54, 1.807) is 0 Å². The predicted octanol–water partition coefficient (Wildman–Crippen LogP) is 2.89. The van der Waals surface area contributed by atoms with Crippen LogP contribution in [0.2, 0.25) is 0 Å². The molecule has 2 radical (unpaired) electrons. The minimum atomic E-state index is -4.32. The predicted molar refractivity (Wildman–Crippen MR) is 59.8 cm³/mol. The van der Waals surface area contributed by atoms with Crippen LogP contribution in [-0.4, -0.2) is 17.2 Å². The average molecular weight is 254 g/mol. The van der Waals surface area contributed by atoms with Gasteiger partial charge < -0.3 is 0 Å². The molecular formula is C10H6BF3N2S. The minimum absolute atomic E-state index is 0.219. The van der Waals surface area contributed by atoms with E-state index in [1.807, 2.05) is 0 Å². The van der Waals surface area contributed by atoms with Crippen LogP contribution in [-0.2, 0) is 12.5 Å². The lowest BCUT2D eigenvalue weighted by molar-refractivity contribution is -0.137. The van der Waals surface area contributed by atoms with Crippen LogP contribution in [0.25, 0.3) is 10.6 Å². The maximum absolute atomic E-state index is 12.3. The highest BCUT2D eigenvalue weighted by Gasteiger charge is 2.30. The summed E-state index contributed by atoms with van der Waals surface area (Å²) in [5.41, 5.74) is -0.0694. The van der Waals surface area contributed by atoms with Crippen LogP contribution in [0.15, 0.2) is 24.3 Å². The Bertz CT molecular complexity index is 507. The first-order valence-corrected chi connectivity index (χ1v) is 5.48. The van der Waals surface area contributed by atoms with Gasteiger partial charge in [-0.15, -0.1) is 0 Å². The minimum Gasteiger partial charge on any atom is -0.220 e. The molecule has 2 rings (SSSR count). The molecule has 0 aliphatic carbocycles. The quantitative estimate of drug-likeness (QED) is 0.770. The van der Waals surface area contributed by atoms with Gasteiger partial charge in [0.25, 0.3) is 0 Å². The molecule has 0 bridgehead atoms. The summed E-state index contributed by atoms with van der Waals surface area (Å²) >= 11 is 1.12. The van der Waals surface area contributed by atoms with Gasteiger partial charge in [0.05, 0.1) is 13.4 Å². The number of alkyl halides is 3. The lowest BCUT2D eigenvalue weighted by Crippen LogP contribution is -2.03. The van der Waals surface area contributed by atoms with Crippen molar-refractivity contribution in [3.8, 4) is 10.6 Å². The van der Waals surface area contributed by atoms with Crippen LogP contribution in [0.3, 0.4) is 0 Å². The third-order valence-electron chi connectivity index (χ3n) is 2.11. The summed E-state index contributed by atoms with van der Waals surface area (Å²) in [7, 11) is 5.36. The van der Waals surface area contributed by atoms with E-state index >= 15 is 0 Å². The Morgan fingerprint density at radius 2 is 1.82 bits per heavy atom. The zero-order valence-corrected chi connectivity index (χ0v) is 9.35. The monoisotopic (exact) mass is 254 g/mol. The van der Waals surface area contributed by atoms with Crippen molar-refractivity contribution in [3.05, 3.63) is 35.7 Å². The van der Waals surface area contributed by atoms with Crippen molar-refractivity contribution < 1.29 is 13.2 Å². The Hall–Kier alpha value is -1.37.